The van der Waals surface area contributed by atoms with Gasteiger partial charge in [0.25, 0.3) is 0 Å². The van der Waals surface area contributed by atoms with Gasteiger partial charge in [0.05, 0.1) is 11.3 Å². The molecule has 0 saturated heterocycles. The maximum absolute atomic E-state index is 11.9. The standard InChI is InChI=1S/C15H12ClNO3S/c16-11-4-1-3-10(7-11)8-12(18)9-21-14-13(15(19)20)5-2-6-17-14/h1-7H,8-9H2,(H,19,20). The predicted octanol–water partition coefficient (Wildman–Crippen LogP) is 3.34. The number of halogens is 1. The quantitative estimate of drug-likeness (QED) is 0.826. The van der Waals surface area contributed by atoms with Gasteiger partial charge in [-0.05, 0) is 29.8 Å². The summed E-state index contributed by atoms with van der Waals surface area (Å²) >= 11 is 7.00. The summed E-state index contributed by atoms with van der Waals surface area (Å²) in [6.45, 7) is 0. The Morgan fingerprint density at radius 1 is 1.24 bits per heavy atom. The van der Waals surface area contributed by atoms with Gasteiger partial charge in [0.2, 0.25) is 0 Å². The second-order valence-electron chi connectivity index (χ2n) is 4.30. The number of carbonyl (C=O) groups is 2. The Kier molecular flexibility index (Phi) is 5.36. The zero-order valence-corrected chi connectivity index (χ0v) is 12.5. The average molecular weight is 322 g/mol. The Balaban J connectivity index is 1.97. The van der Waals surface area contributed by atoms with E-state index in [2.05, 4.69) is 4.98 Å². The van der Waals surface area contributed by atoms with E-state index in [0.717, 1.165) is 17.3 Å². The Hall–Kier alpha value is -1.85. The second kappa shape index (κ2) is 7.24. The van der Waals surface area contributed by atoms with Gasteiger partial charge in [0.1, 0.15) is 10.8 Å². The lowest BCUT2D eigenvalue weighted by Gasteiger charge is -2.04. The SMILES string of the molecule is O=C(CSc1ncccc1C(=O)O)Cc1cccc(Cl)c1. The molecule has 0 fully saturated rings. The number of carbonyl (C=O) groups excluding carboxylic acids is 1. The number of rotatable bonds is 6. The highest BCUT2D eigenvalue weighted by molar-refractivity contribution is 8.00. The van der Waals surface area contributed by atoms with Crippen LogP contribution in [0.25, 0.3) is 0 Å². The Labute approximate surface area is 131 Å². The van der Waals surface area contributed by atoms with Crippen LogP contribution in [0.1, 0.15) is 15.9 Å². The topological polar surface area (TPSA) is 67.3 Å². The summed E-state index contributed by atoms with van der Waals surface area (Å²) in [7, 11) is 0. The van der Waals surface area contributed by atoms with Crippen LogP contribution in [-0.2, 0) is 11.2 Å². The van der Waals surface area contributed by atoms with Crippen molar-refractivity contribution in [3.05, 3.63) is 58.7 Å². The molecular formula is C15H12ClNO3S. The van der Waals surface area contributed by atoms with Gasteiger partial charge < -0.3 is 5.11 Å². The minimum absolute atomic E-state index is 0.00995. The summed E-state index contributed by atoms with van der Waals surface area (Å²) in [4.78, 5) is 27.0. The Morgan fingerprint density at radius 2 is 2.05 bits per heavy atom. The van der Waals surface area contributed by atoms with Crippen LogP contribution in [0.2, 0.25) is 5.02 Å². The van der Waals surface area contributed by atoms with Crippen molar-refractivity contribution in [1.29, 1.82) is 0 Å². The minimum atomic E-state index is -1.05. The van der Waals surface area contributed by atoms with Crippen LogP contribution in [0, 0.1) is 0 Å². The van der Waals surface area contributed by atoms with Gasteiger partial charge >= 0.3 is 5.97 Å². The van der Waals surface area contributed by atoms with Gasteiger partial charge in [-0.2, -0.15) is 0 Å². The zero-order chi connectivity index (χ0) is 15.2. The number of aromatic nitrogens is 1. The van der Waals surface area contributed by atoms with E-state index in [0.29, 0.717) is 10.0 Å². The van der Waals surface area contributed by atoms with Crippen LogP contribution in [0.5, 0.6) is 0 Å². The van der Waals surface area contributed by atoms with E-state index in [1.54, 1.807) is 24.3 Å². The molecule has 2 aromatic rings. The van der Waals surface area contributed by atoms with E-state index in [9.17, 15) is 9.59 Å². The molecule has 1 N–H and O–H groups in total. The summed E-state index contributed by atoms with van der Waals surface area (Å²) in [6.07, 6.45) is 1.78. The number of ketones is 1. The first kappa shape index (κ1) is 15.5. The van der Waals surface area contributed by atoms with Crippen molar-refractivity contribution in [3.63, 3.8) is 0 Å². The number of aromatic carboxylic acids is 1. The van der Waals surface area contributed by atoms with Crippen molar-refractivity contribution in [1.82, 2.24) is 4.98 Å². The molecule has 0 aliphatic carbocycles. The van der Waals surface area contributed by atoms with E-state index >= 15 is 0 Å². The largest absolute Gasteiger partial charge is 0.478 e. The van der Waals surface area contributed by atoms with Crippen LogP contribution >= 0.6 is 23.4 Å². The molecule has 21 heavy (non-hydrogen) atoms. The van der Waals surface area contributed by atoms with Crippen molar-refractivity contribution in [2.45, 2.75) is 11.4 Å². The highest BCUT2D eigenvalue weighted by Crippen LogP contribution is 2.20. The van der Waals surface area contributed by atoms with E-state index < -0.39 is 5.97 Å². The first-order chi connectivity index (χ1) is 10.1. The van der Waals surface area contributed by atoms with Gasteiger partial charge in [0, 0.05) is 17.6 Å². The summed E-state index contributed by atoms with van der Waals surface area (Å²) in [5.41, 5.74) is 0.950. The number of hydrogen-bond acceptors (Lipinski definition) is 4. The van der Waals surface area contributed by atoms with Crippen LogP contribution in [0.15, 0.2) is 47.6 Å². The Morgan fingerprint density at radius 3 is 2.76 bits per heavy atom. The van der Waals surface area contributed by atoms with Crippen molar-refractivity contribution in [2.24, 2.45) is 0 Å². The number of thioether (sulfide) groups is 1. The smallest absolute Gasteiger partial charge is 0.338 e. The molecule has 0 amide bonds. The minimum Gasteiger partial charge on any atom is -0.478 e. The van der Waals surface area contributed by atoms with Crippen molar-refractivity contribution >= 4 is 35.1 Å². The van der Waals surface area contributed by atoms with Gasteiger partial charge in [-0.3, -0.25) is 4.79 Å². The molecule has 1 aromatic carbocycles. The van der Waals surface area contributed by atoms with Crippen LogP contribution in [0.3, 0.4) is 0 Å². The lowest BCUT2D eigenvalue weighted by molar-refractivity contribution is -0.116. The van der Waals surface area contributed by atoms with Crippen LogP contribution in [-0.4, -0.2) is 27.6 Å². The Bertz CT molecular complexity index is 675. The van der Waals surface area contributed by atoms with E-state index in [4.69, 9.17) is 16.7 Å². The lowest BCUT2D eigenvalue weighted by atomic mass is 10.1. The number of carboxylic acid groups (broad SMARTS) is 1. The zero-order valence-electron chi connectivity index (χ0n) is 11.0. The number of pyridine rings is 1. The van der Waals surface area contributed by atoms with E-state index in [1.165, 1.54) is 12.3 Å². The molecule has 4 nitrogen and oxygen atoms in total. The molecular weight excluding hydrogens is 310 g/mol. The van der Waals surface area contributed by atoms with Gasteiger partial charge in [-0.1, -0.05) is 35.5 Å². The molecule has 0 bridgehead atoms. The molecule has 0 aliphatic heterocycles. The van der Waals surface area contributed by atoms with Crippen molar-refractivity contribution < 1.29 is 14.7 Å². The summed E-state index contributed by atoms with van der Waals surface area (Å²) in [5, 5.41) is 9.98. The number of benzene rings is 1. The molecule has 0 aliphatic rings. The maximum atomic E-state index is 11.9. The highest BCUT2D eigenvalue weighted by Gasteiger charge is 2.13. The molecule has 0 unspecified atom stereocenters. The lowest BCUT2D eigenvalue weighted by Crippen LogP contribution is -2.07. The monoisotopic (exact) mass is 321 g/mol. The van der Waals surface area contributed by atoms with Crippen LogP contribution in [0.4, 0.5) is 0 Å². The molecule has 1 heterocycles. The third kappa shape index (κ3) is 4.58. The molecule has 0 spiro atoms. The van der Waals surface area contributed by atoms with Crippen molar-refractivity contribution in [2.75, 3.05) is 5.75 Å². The fourth-order valence-corrected chi connectivity index (χ4v) is 2.80. The molecule has 0 atom stereocenters. The first-order valence-electron chi connectivity index (χ1n) is 6.13. The fourth-order valence-electron chi connectivity index (χ4n) is 1.74. The van der Waals surface area contributed by atoms with Gasteiger partial charge in [-0.15, -0.1) is 0 Å². The number of Topliss-reactive ketones (excluding diaryl/α,β-unsaturated/α-hetero) is 1. The first-order valence-corrected chi connectivity index (χ1v) is 7.50. The normalized spacial score (nSPS) is 10.3. The maximum Gasteiger partial charge on any atom is 0.338 e. The number of nitrogens with zero attached hydrogens (tertiary/aromatic N) is 1. The van der Waals surface area contributed by atoms with Crippen molar-refractivity contribution in [3.8, 4) is 0 Å². The molecule has 0 radical (unpaired) electrons. The molecule has 1 aromatic heterocycles. The fraction of sp³-hybridized carbons (Fsp3) is 0.133. The molecule has 0 saturated carbocycles. The third-order valence-electron chi connectivity index (χ3n) is 2.66. The second-order valence-corrected chi connectivity index (χ2v) is 5.70. The van der Waals surface area contributed by atoms with Gasteiger partial charge in [-0.25, -0.2) is 9.78 Å². The predicted molar refractivity (Wildman–Crippen MR) is 82.1 cm³/mol. The number of carboxylic acids is 1. The average Bonchev–Trinajstić information content (AvgIpc) is 2.45. The van der Waals surface area contributed by atoms with E-state index in [-0.39, 0.29) is 23.5 Å². The molecule has 108 valence electrons. The third-order valence-corrected chi connectivity index (χ3v) is 3.96. The van der Waals surface area contributed by atoms with E-state index in [1.807, 2.05) is 6.07 Å². The van der Waals surface area contributed by atoms with Crippen LogP contribution < -0.4 is 0 Å². The van der Waals surface area contributed by atoms with Gasteiger partial charge in [0.15, 0.2) is 0 Å². The summed E-state index contributed by atoms with van der Waals surface area (Å²) < 4.78 is 0. The highest BCUT2D eigenvalue weighted by atomic mass is 35.5. The molecule has 6 heteroatoms. The molecule has 2 rings (SSSR count). The number of hydrogen-bond donors (Lipinski definition) is 1. The summed E-state index contributed by atoms with van der Waals surface area (Å²) in [6, 6.07) is 10.1. The summed E-state index contributed by atoms with van der Waals surface area (Å²) in [5.74, 6) is -0.888.